The molecule has 2 rings (SSSR count). The van der Waals surface area contributed by atoms with Gasteiger partial charge in [-0.05, 0) is 39.5 Å². The lowest BCUT2D eigenvalue weighted by molar-refractivity contribution is -0.132. The van der Waals surface area contributed by atoms with Gasteiger partial charge in [0.25, 0.3) is 0 Å². The summed E-state index contributed by atoms with van der Waals surface area (Å²) in [6.45, 7) is 6.67. The Kier molecular flexibility index (Phi) is 5.67. The molecule has 0 aliphatic carbocycles. The van der Waals surface area contributed by atoms with E-state index in [1.165, 1.54) is 0 Å². The van der Waals surface area contributed by atoms with Crippen molar-refractivity contribution in [2.75, 3.05) is 33.4 Å². The van der Waals surface area contributed by atoms with Gasteiger partial charge in [-0.2, -0.15) is 0 Å². The van der Waals surface area contributed by atoms with Gasteiger partial charge in [0.2, 0.25) is 5.91 Å². The molecule has 2 aliphatic heterocycles. The van der Waals surface area contributed by atoms with Gasteiger partial charge in [-0.15, -0.1) is 0 Å². The minimum absolute atomic E-state index is 0.0137. The van der Waals surface area contributed by atoms with Crippen LogP contribution >= 0.6 is 0 Å². The number of rotatable bonds is 4. The molecule has 0 aromatic rings. The molecular weight excluding hydrogens is 282 g/mol. The average molecular weight is 311 g/mol. The van der Waals surface area contributed by atoms with Gasteiger partial charge in [0.1, 0.15) is 0 Å². The van der Waals surface area contributed by atoms with E-state index in [1.807, 2.05) is 23.6 Å². The molecule has 0 bridgehead atoms. The molecule has 1 N–H and O–H groups in total. The lowest BCUT2D eigenvalue weighted by Gasteiger charge is -2.38. The maximum Gasteiger partial charge on any atom is 0.317 e. The van der Waals surface area contributed by atoms with Crippen LogP contribution in [-0.2, 0) is 9.53 Å². The highest BCUT2D eigenvalue weighted by molar-refractivity contribution is 5.80. The largest absolute Gasteiger partial charge is 0.383 e. The second-order valence-electron chi connectivity index (χ2n) is 6.71. The smallest absolute Gasteiger partial charge is 0.317 e. The number of carbonyl (C=O) groups excluding carboxylic acids is 2. The molecule has 0 unspecified atom stereocenters. The highest BCUT2D eigenvalue weighted by Crippen LogP contribution is 2.38. The first-order valence-electron chi connectivity index (χ1n) is 8.33. The van der Waals surface area contributed by atoms with Crippen LogP contribution < -0.4 is 5.32 Å². The Morgan fingerprint density at radius 3 is 2.77 bits per heavy atom. The number of nitrogens with one attached hydrogen (secondary N) is 1. The fourth-order valence-corrected chi connectivity index (χ4v) is 3.66. The number of amides is 3. The zero-order valence-corrected chi connectivity index (χ0v) is 14.1. The molecule has 22 heavy (non-hydrogen) atoms. The van der Waals surface area contributed by atoms with Gasteiger partial charge >= 0.3 is 6.03 Å². The van der Waals surface area contributed by atoms with Gasteiger partial charge in [0.15, 0.2) is 0 Å². The summed E-state index contributed by atoms with van der Waals surface area (Å²) < 4.78 is 5.15. The molecule has 2 aliphatic rings. The van der Waals surface area contributed by atoms with Crippen molar-refractivity contribution in [1.29, 1.82) is 0 Å². The summed E-state index contributed by atoms with van der Waals surface area (Å²) in [7, 11) is 1.66. The van der Waals surface area contributed by atoms with Crippen LogP contribution in [0.15, 0.2) is 0 Å². The number of methoxy groups -OCH3 is 1. The summed E-state index contributed by atoms with van der Waals surface area (Å²) in [5.41, 5.74) is -0.0670. The lowest BCUT2D eigenvalue weighted by Crippen LogP contribution is -2.48. The third-order valence-corrected chi connectivity index (χ3v) is 4.81. The first-order valence-corrected chi connectivity index (χ1v) is 8.33. The van der Waals surface area contributed by atoms with Crippen LogP contribution in [0.1, 0.15) is 46.0 Å². The van der Waals surface area contributed by atoms with Crippen molar-refractivity contribution < 1.29 is 14.3 Å². The number of carbonyl (C=O) groups is 2. The van der Waals surface area contributed by atoms with Gasteiger partial charge in [0, 0.05) is 44.7 Å². The van der Waals surface area contributed by atoms with Gasteiger partial charge < -0.3 is 19.9 Å². The van der Waals surface area contributed by atoms with E-state index in [4.69, 9.17) is 4.74 Å². The topological polar surface area (TPSA) is 61.9 Å². The molecule has 2 saturated heterocycles. The fourth-order valence-electron chi connectivity index (χ4n) is 3.66. The Labute approximate surface area is 133 Å². The Balaban J connectivity index is 2.01. The van der Waals surface area contributed by atoms with Gasteiger partial charge in [-0.3, -0.25) is 4.79 Å². The Morgan fingerprint density at radius 1 is 1.32 bits per heavy atom. The molecule has 1 spiro atoms. The van der Waals surface area contributed by atoms with Crippen molar-refractivity contribution in [3.63, 3.8) is 0 Å². The second kappa shape index (κ2) is 7.31. The molecule has 0 aromatic carbocycles. The second-order valence-corrected chi connectivity index (χ2v) is 6.71. The summed E-state index contributed by atoms with van der Waals surface area (Å²) in [5, 5.41) is 2.96. The standard InChI is InChI=1S/C16H29N3O3/c1-13(2)17-15(21)18-9-4-6-16(8-10-18)7-5-14(20)19(16)11-12-22-3/h13H,4-12H2,1-3H3,(H,17,21)/t16-/m1/s1. The van der Waals surface area contributed by atoms with Crippen molar-refractivity contribution in [3.05, 3.63) is 0 Å². The third kappa shape index (κ3) is 3.72. The van der Waals surface area contributed by atoms with E-state index in [2.05, 4.69) is 5.32 Å². The minimum Gasteiger partial charge on any atom is -0.383 e. The summed E-state index contributed by atoms with van der Waals surface area (Å²) in [5.74, 6) is 0.233. The van der Waals surface area contributed by atoms with E-state index >= 15 is 0 Å². The van der Waals surface area contributed by atoms with Crippen LogP contribution in [0.2, 0.25) is 0 Å². The first-order chi connectivity index (χ1) is 10.5. The third-order valence-electron chi connectivity index (χ3n) is 4.81. The molecular formula is C16H29N3O3. The van der Waals surface area contributed by atoms with Gasteiger partial charge in [-0.25, -0.2) is 4.79 Å². The Hall–Kier alpha value is -1.30. The monoisotopic (exact) mass is 311 g/mol. The van der Waals surface area contributed by atoms with Crippen LogP contribution in [0.5, 0.6) is 0 Å². The highest BCUT2D eigenvalue weighted by atomic mass is 16.5. The number of hydrogen-bond acceptors (Lipinski definition) is 3. The summed E-state index contributed by atoms with van der Waals surface area (Å²) in [6, 6.07) is 0.163. The summed E-state index contributed by atoms with van der Waals surface area (Å²) in [4.78, 5) is 28.3. The maximum atomic E-state index is 12.2. The lowest BCUT2D eigenvalue weighted by atomic mass is 9.88. The summed E-state index contributed by atoms with van der Waals surface area (Å²) in [6.07, 6.45) is 4.33. The van der Waals surface area contributed by atoms with Crippen molar-refractivity contribution in [2.24, 2.45) is 0 Å². The molecule has 0 saturated carbocycles. The van der Waals surface area contributed by atoms with Crippen molar-refractivity contribution >= 4 is 11.9 Å². The van der Waals surface area contributed by atoms with Crippen LogP contribution in [0, 0.1) is 0 Å². The zero-order chi connectivity index (χ0) is 16.2. The van der Waals surface area contributed by atoms with E-state index in [-0.39, 0.29) is 23.5 Å². The number of hydrogen-bond donors (Lipinski definition) is 1. The van der Waals surface area contributed by atoms with Crippen molar-refractivity contribution in [1.82, 2.24) is 15.1 Å². The Morgan fingerprint density at radius 2 is 2.09 bits per heavy atom. The van der Waals surface area contributed by atoms with Crippen molar-refractivity contribution in [2.45, 2.75) is 57.5 Å². The quantitative estimate of drug-likeness (QED) is 0.858. The van der Waals surface area contributed by atoms with Crippen LogP contribution in [0.25, 0.3) is 0 Å². The molecule has 0 aromatic heterocycles. The van der Waals surface area contributed by atoms with Crippen LogP contribution in [0.4, 0.5) is 4.79 Å². The van der Waals surface area contributed by atoms with Gasteiger partial charge in [0.05, 0.1) is 6.61 Å². The molecule has 0 radical (unpaired) electrons. The molecule has 6 heteroatoms. The number of likely N-dealkylation sites (tertiary alicyclic amines) is 2. The molecule has 2 heterocycles. The zero-order valence-electron chi connectivity index (χ0n) is 14.1. The van der Waals surface area contributed by atoms with E-state index in [9.17, 15) is 9.59 Å². The maximum absolute atomic E-state index is 12.2. The molecule has 1 atom stereocenters. The number of ether oxygens (including phenoxy) is 1. The first kappa shape index (κ1) is 17.1. The normalized spacial score (nSPS) is 25.9. The van der Waals surface area contributed by atoms with Crippen LogP contribution in [-0.4, -0.2) is 66.7 Å². The Bertz CT molecular complexity index is 413. The van der Waals surface area contributed by atoms with E-state index in [0.717, 1.165) is 38.8 Å². The van der Waals surface area contributed by atoms with Crippen LogP contribution in [0.3, 0.4) is 0 Å². The number of urea groups is 1. The average Bonchev–Trinajstić information content (AvgIpc) is 2.64. The highest BCUT2D eigenvalue weighted by Gasteiger charge is 2.45. The molecule has 126 valence electrons. The number of nitrogens with zero attached hydrogens (tertiary/aromatic N) is 2. The minimum atomic E-state index is -0.0670. The molecule has 3 amide bonds. The molecule has 6 nitrogen and oxygen atoms in total. The van der Waals surface area contributed by atoms with Gasteiger partial charge in [-0.1, -0.05) is 0 Å². The van der Waals surface area contributed by atoms with E-state index < -0.39 is 0 Å². The van der Waals surface area contributed by atoms with Crippen molar-refractivity contribution in [3.8, 4) is 0 Å². The van der Waals surface area contributed by atoms with E-state index in [1.54, 1.807) is 7.11 Å². The SMILES string of the molecule is COCCN1C(=O)CC[C@@]12CCCN(C(=O)NC(C)C)CC2. The van der Waals surface area contributed by atoms with E-state index in [0.29, 0.717) is 19.6 Å². The predicted molar refractivity (Wildman–Crippen MR) is 84.6 cm³/mol. The predicted octanol–water partition coefficient (Wildman–Crippen LogP) is 1.60. The fraction of sp³-hybridized carbons (Fsp3) is 0.875. The summed E-state index contributed by atoms with van der Waals surface area (Å²) >= 11 is 0. The molecule has 2 fully saturated rings.